The fourth-order valence-electron chi connectivity index (χ4n) is 1.37. The summed E-state index contributed by atoms with van der Waals surface area (Å²) in [7, 11) is 0. The zero-order chi connectivity index (χ0) is 16.8. The van der Waals surface area contributed by atoms with Gasteiger partial charge in [0.1, 0.15) is 11.3 Å². The summed E-state index contributed by atoms with van der Waals surface area (Å²) >= 11 is 6.16. The van der Waals surface area contributed by atoms with E-state index in [1.54, 1.807) is 0 Å². The molecule has 1 rings (SSSR count). The van der Waals surface area contributed by atoms with E-state index >= 15 is 0 Å². The smallest absolute Gasteiger partial charge is 0.274 e. The van der Waals surface area contributed by atoms with Crippen LogP contribution in [-0.2, 0) is 16.7 Å². The maximum Gasteiger partial charge on any atom is 0.459 e. The number of hydrogen-bond acceptors (Lipinski definition) is 2. The average molecular weight is 456 g/mol. The molecule has 0 unspecified atom stereocenters. The largest absolute Gasteiger partial charge is 0.459 e. The Kier molecular flexibility index (Phi) is 4.83. The molecule has 0 fully saturated rings. The van der Waals surface area contributed by atoms with Crippen molar-refractivity contribution in [3.63, 3.8) is 0 Å². The Morgan fingerprint density at radius 2 is 1.62 bits per heavy atom. The Hall–Kier alpha value is -0.660. The third-order valence-corrected chi connectivity index (χ3v) is 3.01. The van der Waals surface area contributed by atoms with Gasteiger partial charge in [-0.3, -0.25) is 4.79 Å². The van der Waals surface area contributed by atoms with Gasteiger partial charge in [-0.05, 0) is 11.6 Å². The van der Waals surface area contributed by atoms with Gasteiger partial charge < -0.3 is 0 Å². The van der Waals surface area contributed by atoms with Crippen LogP contribution in [0.1, 0.15) is 21.7 Å². The number of halogens is 10. The van der Waals surface area contributed by atoms with Crippen LogP contribution in [-0.4, -0.2) is 21.2 Å². The minimum atomic E-state index is -6.32. The predicted molar refractivity (Wildman–Crippen MR) is 61.4 cm³/mol. The summed E-state index contributed by atoms with van der Waals surface area (Å²) in [4.78, 5) is 11.0. The number of rotatable bonds is 3. The summed E-state index contributed by atoms with van der Waals surface area (Å²) in [5, 5.41) is 0.717. The van der Waals surface area contributed by atoms with Crippen LogP contribution in [0, 0.1) is 0 Å². The maximum atomic E-state index is 13.2. The minimum Gasteiger partial charge on any atom is -0.274 e. The van der Waals surface area contributed by atoms with Gasteiger partial charge in [-0.1, -0.05) is 22.6 Å². The van der Waals surface area contributed by atoms with Crippen LogP contribution in [0.15, 0.2) is 0 Å². The summed E-state index contributed by atoms with van der Waals surface area (Å²) < 4.78 is 101. The molecule has 3 nitrogen and oxygen atoms in total. The Labute approximate surface area is 129 Å². The van der Waals surface area contributed by atoms with E-state index in [1.165, 1.54) is 22.6 Å². The number of hydrogen-bond donors (Lipinski definition) is 0. The SMILES string of the molecule is O=C(Cl)c1c(C(F)(F)F)c(C(F)(F)C(F)(F)F)nn1CI. The fourth-order valence-corrected chi connectivity index (χ4v) is 2.06. The first kappa shape index (κ1) is 18.4. The molecule has 1 heterocycles. The van der Waals surface area contributed by atoms with Crippen molar-refractivity contribution in [2.24, 2.45) is 0 Å². The zero-order valence-electron chi connectivity index (χ0n) is 9.29. The molecule has 0 atom stereocenters. The van der Waals surface area contributed by atoms with Gasteiger partial charge in [0.05, 0.1) is 4.55 Å². The van der Waals surface area contributed by atoms with E-state index in [9.17, 15) is 39.9 Å². The molecule has 0 aliphatic rings. The van der Waals surface area contributed by atoms with Crippen LogP contribution in [0.4, 0.5) is 35.1 Å². The standard InChI is InChI=1S/C8H2ClF8IN2O/c9-5(21)3-2(7(12,13)14)4(19-20(3)1-18)6(10,11)8(15,16)17/h1H2. The van der Waals surface area contributed by atoms with Gasteiger partial charge in [-0.15, -0.1) is 0 Å². The maximum absolute atomic E-state index is 13.2. The van der Waals surface area contributed by atoms with Crippen LogP contribution in [0.5, 0.6) is 0 Å². The first-order chi connectivity index (χ1) is 9.25. The van der Waals surface area contributed by atoms with E-state index in [-0.39, 0.29) is 4.68 Å². The van der Waals surface area contributed by atoms with E-state index in [2.05, 4.69) is 5.10 Å². The highest BCUT2D eigenvalue weighted by atomic mass is 127. The quantitative estimate of drug-likeness (QED) is 0.294. The Morgan fingerprint density at radius 1 is 1.14 bits per heavy atom. The lowest BCUT2D eigenvalue weighted by molar-refractivity contribution is -0.292. The molecule has 0 aromatic carbocycles. The van der Waals surface area contributed by atoms with Crippen molar-refractivity contribution in [1.82, 2.24) is 9.78 Å². The van der Waals surface area contributed by atoms with E-state index < -0.39 is 45.0 Å². The predicted octanol–water partition coefficient (Wildman–Crippen LogP) is 4.33. The lowest BCUT2D eigenvalue weighted by Gasteiger charge is -2.19. The van der Waals surface area contributed by atoms with Gasteiger partial charge in [0.15, 0.2) is 5.69 Å². The molecule has 13 heteroatoms. The number of alkyl halides is 9. The van der Waals surface area contributed by atoms with E-state index in [0.29, 0.717) is 0 Å². The highest BCUT2D eigenvalue weighted by Crippen LogP contribution is 2.48. The molecule has 0 aliphatic carbocycles. The lowest BCUT2D eigenvalue weighted by atomic mass is 10.1. The highest BCUT2D eigenvalue weighted by molar-refractivity contribution is 14.1. The van der Waals surface area contributed by atoms with Crippen molar-refractivity contribution >= 4 is 39.4 Å². The first-order valence-electron chi connectivity index (χ1n) is 4.64. The van der Waals surface area contributed by atoms with Crippen LogP contribution >= 0.6 is 34.2 Å². The average Bonchev–Trinajstić information content (AvgIpc) is 2.66. The molecule has 21 heavy (non-hydrogen) atoms. The van der Waals surface area contributed by atoms with E-state index in [1.807, 2.05) is 0 Å². The van der Waals surface area contributed by atoms with Crippen molar-refractivity contribution in [1.29, 1.82) is 0 Å². The summed E-state index contributed by atoms with van der Waals surface area (Å²) in [6, 6.07) is 0. The molecule has 0 aliphatic heterocycles. The van der Waals surface area contributed by atoms with Crippen LogP contribution < -0.4 is 0 Å². The monoisotopic (exact) mass is 456 g/mol. The molecule has 1 aromatic rings. The summed E-state index contributed by atoms with van der Waals surface area (Å²) in [6.45, 7) is 0. The number of carbonyl (C=O) groups excluding carboxylic acids is 1. The van der Waals surface area contributed by atoms with E-state index in [4.69, 9.17) is 11.6 Å². The van der Waals surface area contributed by atoms with Crippen molar-refractivity contribution in [2.75, 3.05) is 0 Å². The normalized spacial score (nSPS) is 13.6. The molecule has 0 radical (unpaired) electrons. The fraction of sp³-hybridized carbons (Fsp3) is 0.500. The Morgan fingerprint density at radius 3 is 1.90 bits per heavy atom. The third-order valence-electron chi connectivity index (χ3n) is 2.19. The van der Waals surface area contributed by atoms with Crippen LogP contribution in [0.3, 0.4) is 0 Å². The lowest BCUT2D eigenvalue weighted by Crippen LogP contribution is -2.36. The number of carbonyl (C=O) groups is 1. The molecule has 1 aromatic heterocycles. The number of aromatic nitrogens is 2. The first-order valence-corrected chi connectivity index (χ1v) is 6.54. The van der Waals surface area contributed by atoms with Gasteiger partial charge in [0, 0.05) is 0 Å². The van der Waals surface area contributed by atoms with E-state index in [0.717, 1.165) is 0 Å². The minimum absolute atomic E-state index is 0.0354. The molecular weight excluding hydrogens is 454 g/mol. The van der Waals surface area contributed by atoms with Crippen molar-refractivity contribution in [3.05, 3.63) is 17.0 Å². The molecule has 0 saturated heterocycles. The van der Waals surface area contributed by atoms with Crippen molar-refractivity contribution in [2.45, 2.75) is 22.8 Å². The summed E-state index contributed by atoms with van der Waals surface area (Å²) in [6.07, 6.45) is -12.0. The van der Waals surface area contributed by atoms with Crippen molar-refractivity contribution < 1.29 is 39.9 Å². The molecule has 0 spiro atoms. The highest BCUT2D eigenvalue weighted by Gasteiger charge is 2.64. The second-order valence-electron chi connectivity index (χ2n) is 3.53. The topological polar surface area (TPSA) is 34.9 Å². The molecule has 0 N–H and O–H groups in total. The summed E-state index contributed by atoms with van der Waals surface area (Å²) in [5.41, 5.74) is -6.68. The third kappa shape index (κ3) is 3.24. The zero-order valence-corrected chi connectivity index (χ0v) is 12.2. The molecule has 0 amide bonds. The van der Waals surface area contributed by atoms with Crippen LogP contribution in [0.25, 0.3) is 0 Å². The Balaban J connectivity index is 3.80. The van der Waals surface area contributed by atoms with Crippen molar-refractivity contribution in [3.8, 4) is 0 Å². The van der Waals surface area contributed by atoms with Gasteiger partial charge in [-0.2, -0.15) is 40.2 Å². The van der Waals surface area contributed by atoms with Gasteiger partial charge in [0.2, 0.25) is 0 Å². The van der Waals surface area contributed by atoms with Gasteiger partial charge >= 0.3 is 18.3 Å². The summed E-state index contributed by atoms with van der Waals surface area (Å²) in [5.74, 6) is -5.89. The second kappa shape index (κ2) is 5.52. The molecule has 0 bridgehead atoms. The molecule has 0 saturated carbocycles. The van der Waals surface area contributed by atoms with Gasteiger partial charge in [0.25, 0.3) is 5.24 Å². The second-order valence-corrected chi connectivity index (χ2v) is 4.56. The molecular formula is C8H2ClF8IN2O. The number of nitrogens with zero attached hydrogens (tertiary/aromatic N) is 2. The van der Waals surface area contributed by atoms with Crippen LogP contribution in [0.2, 0.25) is 0 Å². The Bertz CT molecular complexity index is 564. The molecule has 120 valence electrons. The van der Waals surface area contributed by atoms with Gasteiger partial charge in [-0.25, -0.2) is 4.68 Å².